The van der Waals surface area contributed by atoms with Gasteiger partial charge in [0.1, 0.15) is 5.82 Å². The molecule has 1 saturated carbocycles. The van der Waals surface area contributed by atoms with Crippen LogP contribution in [0.3, 0.4) is 0 Å². The fraction of sp³-hybridized carbons (Fsp3) is 0.500. The van der Waals surface area contributed by atoms with Gasteiger partial charge >= 0.3 is 0 Å². The number of benzene rings is 1. The lowest BCUT2D eigenvalue weighted by Crippen LogP contribution is -2.30. The first-order valence-electron chi connectivity index (χ1n) is 5.75. The minimum atomic E-state index is -3.33. The molecule has 1 aliphatic carbocycles. The molecule has 1 aromatic rings. The summed E-state index contributed by atoms with van der Waals surface area (Å²) in [7, 11) is -1.82. The van der Waals surface area contributed by atoms with Gasteiger partial charge in [-0.05, 0) is 37.5 Å². The van der Waals surface area contributed by atoms with Crippen LogP contribution in [0.25, 0.3) is 0 Å². The zero-order valence-electron chi connectivity index (χ0n) is 10.2. The molecule has 1 aliphatic rings. The molecule has 0 spiro atoms. The second-order valence-corrected chi connectivity index (χ2v) is 8.64. The summed E-state index contributed by atoms with van der Waals surface area (Å²) in [6.07, 6.45) is 1.41. The van der Waals surface area contributed by atoms with Gasteiger partial charge in [-0.1, -0.05) is 28.7 Å². The topological polar surface area (TPSA) is 37.4 Å². The summed E-state index contributed by atoms with van der Waals surface area (Å²) in [6.45, 7) is 1.95. The highest BCUT2D eigenvalue weighted by Gasteiger charge is 2.39. The average Bonchev–Trinajstić information content (AvgIpc) is 3.11. The number of anilines is 1. The highest BCUT2D eigenvalue weighted by molar-refractivity contribution is 14.1. The Kier molecular flexibility index (Phi) is 3.87. The van der Waals surface area contributed by atoms with E-state index < -0.39 is 15.8 Å². The van der Waals surface area contributed by atoms with Crippen LogP contribution in [-0.2, 0) is 10.0 Å². The van der Waals surface area contributed by atoms with Crippen molar-refractivity contribution in [2.24, 2.45) is 0 Å². The quantitative estimate of drug-likeness (QED) is 0.592. The molecular weight excluding hydrogens is 368 g/mol. The molecule has 1 aromatic carbocycles. The third-order valence-corrected chi connectivity index (χ3v) is 6.03. The molecule has 0 bridgehead atoms. The van der Waals surface area contributed by atoms with E-state index in [9.17, 15) is 12.8 Å². The van der Waals surface area contributed by atoms with Crippen molar-refractivity contribution in [3.05, 3.63) is 29.6 Å². The van der Waals surface area contributed by atoms with Crippen molar-refractivity contribution in [1.29, 1.82) is 0 Å². The fourth-order valence-electron chi connectivity index (χ4n) is 1.85. The monoisotopic (exact) mass is 383 g/mol. The number of hydrogen-bond acceptors (Lipinski definition) is 2. The number of nitrogens with zero attached hydrogens (tertiary/aromatic N) is 1. The van der Waals surface area contributed by atoms with E-state index in [0.717, 1.165) is 5.56 Å². The van der Waals surface area contributed by atoms with Crippen molar-refractivity contribution in [3.63, 3.8) is 0 Å². The molecular formula is C12H15FINO2S. The van der Waals surface area contributed by atoms with E-state index in [-0.39, 0.29) is 9.17 Å². The molecule has 18 heavy (non-hydrogen) atoms. The Morgan fingerprint density at radius 2 is 2.06 bits per heavy atom. The van der Waals surface area contributed by atoms with Crippen LogP contribution in [0.2, 0.25) is 0 Å². The summed E-state index contributed by atoms with van der Waals surface area (Å²) in [6, 6.07) is 4.32. The van der Waals surface area contributed by atoms with Gasteiger partial charge in [-0.25, -0.2) is 12.8 Å². The van der Waals surface area contributed by atoms with E-state index in [0.29, 0.717) is 18.5 Å². The SMILES string of the molecule is CC(I)c1ccc(F)cc1N(C)S(=O)(=O)C1CC1. The summed E-state index contributed by atoms with van der Waals surface area (Å²) < 4.78 is 39.1. The number of alkyl halides is 1. The van der Waals surface area contributed by atoms with Gasteiger partial charge in [-0.15, -0.1) is 0 Å². The predicted molar refractivity (Wildman–Crippen MR) is 79.2 cm³/mol. The first kappa shape index (κ1) is 14.0. The van der Waals surface area contributed by atoms with E-state index in [1.54, 1.807) is 6.07 Å². The highest BCUT2D eigenvalue weighted by Crippen LogP contribution is 2.37. The summed E-state index contributed by atoms with van der Waals surface area (Å²) >= 11 is 2.20. The number of sulfonamides is 1. The Labute approximate surface area is 121 Å². The Morgan fingerprint density at radius 3 is 2.56 bits per heavy atom. The molecule has 2 rings (SSSR count). The van der Waals surface area contributed by atoms with Gasteiger partial charge < -0.3 is 0 Å². The van der Waals surface area contributed by atoms with E-state index in [1.807, 2.05) is 6.92 Å². The second kappa shape index (κ2) is 4.96. The fourth-order valence-corrected chi connectivity index (χ4v) is 3.99. The highest BCUT2D eigenvalue weighted by atomic mass is 127. The molecule has 0 heterocycles. The van der Waals surface area contributed by atoms with Crippen LogP contribution in [0.4, 0.5) is 10.1 Å². The molecule has 0 saturated heterocycles. The Bertz CT molecular complexity index is 555. The second-order valence-electron chi connectivity index (χ2n) is 4.53. The van der Waals surface area contributed by atoms with Gasteiger partial charge in [0, 0.05) is 11.0 Å². The van der Waals surface area contributed by atoms with Crippen molar-refractivity contribution in [2.45, 2.75) is 28.9 Å². The number of rotatable bonds is 4. The van der Waals surface area contributed by atoms with E-state index in [1.165, 1.54) is 23.5 Å². The molecule has 0 amide bonds. The molecule has 0 N–H and O–H groups in total. The Morgan fingerprint density at radius 1 is 1.44 bits per heavy atom. The van der Waals surface area contributed by atoms with Crippen molar-refractivity contribution in [3.8, 4) is 0 Å². The maximum atomic E-state index is 13.4. The number of hydrogen-bond donors (Lipinski definition) is 0. The lowest BCUT2D eigenvalue weighted by Gasteiger charge is -2.23. The van der Waals surface area contributed by atoms with Crippen LogP contribution < -0.4 is 4.31 Å². The first-order chi connectivity index (χ1) is 8.34. The summed E-state index contributed by atoms with van der Waals surface area (Å²) in [5.74, 6) is -0.413. The molecule has 0 aliphatic heterocycles. The first-order valence-corrected chi connectivity index (χ1v) is 8.50. The molecule has 0 aromatic heterocycles. The third kappa shape index (κ3) is 2.64. The van der Waals surface area contributed by atoms with Gasteiger partial charge in [0.05, 0.1) is 10.9 Å². The summed E-state index contributed by atoms with van der Waals surface area (Å²) in [5, 5.41) is -0.289. The molecule has 0 radical (unpaired) electrons. The molecule has 100 valence electrons. The maximum Gasteiger partial charge on any atom is 0.237 e. The third-order valence-electron chi connectivity index (χ3n) is 3.09. The van der Waals surface area contributed by atoms with Gasteiger partial charge in [0.2, 0.25) is 10.0 Å². The van der Waals surface area contributed by atoms with Crippen molar-refractivity contribution >= 4 is 38.3 Å². The van der Waals surface area contributed by atoms with Gasteiger partial charge in [-0.3, -0.25) is 4.31 Å². The normalized spacial score (nSPS) is 17.6. The molecule has 6 heteroatoms. The molecule has 3 nitrogen and oxygen atoms in total. The Hall–Kier alpha value is -0.370. The van der Waals surface area contributed by atoms with Gasteiger partial charge in [0.15, 0.2) is 0 Å². The summed E-state index contributed by atoms with van der Waals surface area (Å²) in [5.41, 5.74) is 1.28. The van der Waals surface area contributed by atoms with Crippen LogP contribution in [0, 0.1) is 5.82 Å². The maximum absolute atomic E-state index is 13.4. The smallest absolute Gasteiger partial charge is 0.237 e. The van der Waals surface area contributed by atoms with Crippen LogP contribution in [0.5, 0.6) is 0 Å². The largest absolute Gasteiger partial charge is 0.273 e. The minimum absolute atomic E-state index is 0.120. The van der Waals surface area contributed by atoms with Gasteiger partial charge in [0.25, 0.3) is 0 Å². The standard InChI is InChI=1S/C12H15FINO2S/c1-8(14)11-6-3-9(13)7-12(11)15(2)18(16,17)10-4-5-10/h3,6-8,10H,4-5H2,1-2H3. The molecule has 1 fully saturated rings. The van der Waals surface area contributed by atoms with E-state index in [2.05, 4.69) is 22.6 Å². The average molecular weight is 383 g/mol. The zero-order chi connectivity index (χ0) is 13.5. The minimum Gasteiger partial charge on any atom is -0.273 e. The van der Waals surface area contributed by atoms with Crippen LogP contribution in [0.1, 0.15) is 29.3 Å². The summed E-state index contributed by atoms with van der Waals surface area (Å²) in [4.78, 5) is 0. The van der Waals surface area contributed by atoms with Crippen LogP contribution in [0.15, 0.2) is 18.2 Å². The van der Waals surface area contributed by atoms with Gasteiger partial charge in [-0.2, -0.15) is 0 Å². The predicted octanol–water partition coefficient (Wildman–Crippen LogP) is 3.25. The van der Waals surface area contributed by atoms with Crippen molar-refractivity contribution < 1.29 is 12.8 Å². The molecule has 1 unspecified atom stereocenters. The van der Waals surface area contributed by atoms with E-state index in [4.69, 9.17) is 0 Å². The van der Waals surface area contributed by atoms with Crippen LogP contribution in [-0.4, -0.2) is 20.7 Å². The zero-order valence-corrected chi connectivity index (χ0v) is 13.2. The van der Waals surface area contributed by atoms with Crippen molar-refractivity contribution in [1.82, 2.24) is 0 Å². The number of halogens is 2. The van der Waals surface area contributed by atoms with E-state index >= 15 is 0 Å². The van der Waals surface area contributed by atoms with Crippen LogP contribution >= 0.6 is 22.6 Å². The van der Waals surface area contributed by atoms with Crippen molar-refractivity contribution in [2.75, 3.05) is 11.4 Å². The lowest BCUT2D eigenvalue weighted by molar-refractivity contribution is 0.592. The Balaban J connectivity index is 2.46. The lowest BCUT2D eigenvalue weighted by atomic mass is 10.1. The molecule has 1 atom stereocenters.